The van der Waals surface area contributed by atoms with Gasteiger partial charge in [-0.3, -0.25) is 9.59 Å². The molecule has 1 aliphatic heterocycles. The Hall–Kier alpha value is -5.34. The second-order valence-electron chi connectivity index (χ2n) is 15.9. The van der Waals surface area contributed by atoms with Crippen LogP contribution in [0.1, 0.15) is 72.2 Å². The summed E-state index contributed by atoms with van der Waals surface area (Å²) < 4.78 is 46.9. The topological polar surface area (TPSA) is 174 Å². The third-order valence-electron chi connectivity index (χ3n) is 10.9. The Kier molecular flexibility index (Phi) is 13.0. The molecule has 4 aromatic carbocycles. The van der Waals surface area contributed by atoms with Gasteiger partial charge in [-0.15, -0.1) is 0 Å². The van der Waals surface area contributed by atoms with Gasteiger partial charge in [-0.05, 0) is 121 Å². The van der Waals surface area contributed by atoms with Crippen LogP contribution in [0.3, 0.4) is 0 Å². The summed E-state index contributed by atoms with van der Waals surface area (Å²) in [6.07, 6.45) is 6.58. The van der Waals surface area contributed by atoms with Crippen molar-refractivity contribution in [1.82, 2.24) is 15.0 Å². The number of anilines is 1. The number of amides is 2. The number of H-pyrrole nitrogens is 1. The van der Waals surface area contributed by atoms with E-state index < -0.39 is 21.8 Å². The second kappa shape index (κ2) is 18.3. The maximum Gasteiger partial charge on any atom is 0.268 e. The van der Waals surface area contributed by atoms with Crippen LogP contribution in [0.25, 0.3) is 16.5 Å². The highest BCUT2D eigenvalue weighted by Gasteiger charge is 2.28. The summed E-state index contributed by atoms with van der Waals surface area (Å²) in [5.74, 6) is -0.781. The lowest BCUT2D eigenvalue weighted by Crippen LogP contribution is -2.31. The molecule has 1 fully saturated rings. The lowest BCUT2D eigenvalue weighted by molar-refractivity contribution is 0.0495. The fourth-order valence-corrected chi connectivity index (χ4v) is 8.61. The lowest BCUT2D eigenvalue weighted by Gasteiger charge is -2.34. The van der Waals surface area contributed by atoms with Crippen LogP contribution in [-0.4, -0.2) is 64.7 Å². The number of carbonyl (C=O) groups excluding carboxylic acids is 2. The minimum atomic E-state index is -4.47. The third-order valence-corrected chi connectivity index (χ3v) is 12.5. The third kappa shape index (κ3) is 10.6. The Morgan fingerprint density at radius 2 is 1.73 bits per heavy atom. The summed E-state index contributed by atoms with van der Waals surface area (Å²) in [5, 5.41) is 8.61. The Morgan fingerprint density at radius 1 is 0.932 bits per heavy atom. The Labute approximate surface area is 349 Å². The molecule has 0 bridgehead atoms. The van der Waals surface area contributed by atoms with Crippen molar-refractivity contribution in [3.63, 3.8) is 0 Å². The van der Waals surface area contributed by atoms with E-state index in [0.29, 0.717) is 44.3 Å². The molecule has 59 heavy (non-hydrogen) atoms. The van der Waals surface area contributed by atoms with Crippen molar-refractivity contribution >= 4 is 55.6 Å². The summed E-state index contributed by atoms with van der Waals surface area (Å²) >= 11 is 6.19. The SMILES string of the molecule is CC1(C)CCC(CNCCNc2ccc(C(=O)NS(=O)(=O)c3ccc(OCC4CCOCC4)c(C(N)=O)c3)c(Oc3ccc4[nH]ccc4c3)c2)=C(c2ccc(Cl)cc2)C1. The number of ether oxygens (including phenoxy) is 3. The summed E-state index contributed by atoms with van der Waals surface area (Å²) in [6.45, 7) is 8.20. The Bertz CT molecular complexity index is 2460. The van der Waals surface area contributed by atoms with Gasteiger partial charge in [0.15, 0.2) is 0 Å². The highest BCUT2D eigenvalue weighted by Crippen LogP contribution is 2.43. The number of primary amides is 1. The van der Waals surface area contributed by atoms with Crippen LogP contribution in [0.15, 0.2) is 102 Å². The van der Waals surface area contributed by atoms with Gasteiger partial charge < -0.3 is 35.6 Å². The van der Waals surface area contributed by atoms with E-state index in [1.165, 1.54) is 34.9 Å². The van der Waals surface area contributed by atoms with Crippen LogP contribution in [-0.2, 0) is 14.8 Å². The minimum absolute atomic E-state index is 0.0140. The van der Waals surface area contributed by atoms with Crippen molar-refractivity contribution in [3.8, 4) is 17.2 Å². The van der Waals surface area contributed by atoms with E-state index in [1.54, 1.807) is 18.2 Å². The van der Waals surface area contributed by atoms with E-state index in [2.05, 4.69) is 46.3 Å². The molecule has 6 N–H and O–H groups in total. The zero-order chi connectivity index (χ0) is 41.6. The predicted molar refractivity (Wildman–Crippen MR) is 231 cm³/mol. The number of nitrogens with one attached hydrogen (secondary N) is 4. The van der Waals surface area contributed by atoms with Crippen LogP contribution < -0.4 is 30.6 Å². The normalized spacial score (nSPS) is 15.8. The number of sulfonamides is 1. The standard InChI is InChI=1S/C45H50ClN5O7S/c1-45(2)17-13-32(39(26-45)30-3-5-33(46)6-4-30)27-48-19-20-49-34-7-10-37(42(24-34)58-35-8-11-40-31(23-35)14-18-50-40)44(53)51-59(54,55)36-9-12-41(38(25-36)43(47)52)57-28-29-15-21-56-22-16-29/h3-12,14,18,23-25,29,48-50H,13,15-17,19-22,26-28H2,1-2H3,(H2,47,52)(H,51,53). The van der Waals surface area contributed by atoms with Gasteiger partial charge in [-0.1, -0.05) is 43.2 Å². The zero-order valence-corrected chi connectivity index (χ0v) is 34.8. The van der Waals surface area contributed by atoms with E-state index in [4.69, 9.17) is 31.5 Å². The Balaban J connectivity index is 1.05. The highest BCUT2D eigenvalue weighted by molar-refractivity contribution is 7.90. The molecule has 2 heterocycles. The smallest absolute Gasteiger partial charge is 0.268 e. The van der Waals surface area contributed by atoms with E-state index in [-0.39, 0.29) is 38.9 Å². The van der Waals surface area contributed by atoms with E-state index in [1.807, 2.05) is 36.5 Å². The molecule has 12 nitrogen and oxygen atoms in total. The van der Waals surface area contributed by atoms with Crippen molar-refractivity contribution in [2.75, 3.05) is 44.8 Å². The molecule has 7 rings (SSSR count). The quantitative estimate of drug-likeness (QED) is 0.0613. The average Bonchev–Trinajstić information content (AvgIpc) is 3.69. The van der Waals surface area contributed by atoms with E-state index in [0.717, 1.165) is 60.6 Å². The first-order valence-corrected chi connectivity index (χ1v) is 21.7. The highest BCUT2D eigenvalue weighted by atomic mass is 35.5. The molecular formula is C45H50ClN5O7S. The summed E-state index contributed by atoms with van der Waals surface area (Å²) in [4.78, 5) is 29.0. The number of allylic oxidation sites excluding steroid dienone is 1. The molecular weight excluding hydrogens is 790 g/mol. The second-order valence-corrected chi connectivity index (χ2v) is 18.0. The molecule has 2 aliphatic rings. The maximum absolute atomic E-state index is 13.8. The number of fused-ring (bicyclic) bond motifs is 1. The van der Waals surface area contributed by atoms with Crippen molar-refractivity contribution in [3.05, 3.63) is 118 Å². The number of rotatable bonds is 16. The van der Waals surface area contributed by atoms with Gasteiger partial charge in [0.2, 0.25) is 0 Å². The molecule has 0 radical (unpaired) electrons. The molecule has 1 aliphatic carbocycles. The number of nitrogens with two attached hydrogens (primary N) is 1. The van der Waals surface area contributed by atoms with Crippen molar-refractivity contribution in [2.24, 2.45) is 17.1 Å². The van der Waals surface area contributed by atoms with Crippen LogP contribution >= 0.6 is 11.6 Å². The van der Waals surface area contributed by atoms with Gasteiger partial charge in [-0.2, -0.15) is 0 Å². The van der Waals surface area contributed by atoms with E-state index in [9.17, 15) is 18.0 Å². The summed E-state index contributed by atoms with van der Waals surface area (Å²) in [5.41, 5.74) is 11.3. The number of aromatic amines is 1. The summed E-state index contributed by atoms with van der Waals surface area (Å²) in [7, 11) is -4.47. The van der Waals surface area contributed by atoms with Gasteiger partial charge >= 0.3 is 0 Å². The van der Waals surface area contributed by atoms with Crippen molar-refractivity contribution < 1.29 is 32.2 Å². The first-order valence-electron chi connectivity index (χ1n) is 19.9. The number of hydrogen-bond acceptors (Lipinski definition) is 9. The number of benzene rings is 4. The molecule has 310 valence electrons. The maximum atomic E-state index is 13.8. The Morgan fingerprint density at radius 3 is 2.51 bits per heavy atom. The molecule has 0 atom stereocenters. The zero-order valence-electron chi connectivity index (χ0n) is 33.2. The number of aromatic nitrogens is 1. The molecule has 14 heteroatoms. The van der Waals surface area contributed by atoms with Crippen LogP contribution in [0, 0.1) is 11.3 Å². The first-order chi connectivity index (χ1) is 28.3. The van der Waals surface area contributed by atoms with Gasteiger partial charge in [0.05, 0.1) is 22.6 Å². The molecule has 0 unspecified atom stereocenters. The molecule has 1 aromatic heterocycles. The van der Waals surface area contributed by atoms with E-state index >= 15 is 0 Å². The molecule has 1 saturated heterocycles. The van der Waals surface area contributed by atoms with Gasteiger partial charge in [-0.25, -0.2) is 13.1 Å². The first kappa shape index (κ1) is 41.8. The fraction of sp³-hybridized carbons (Fsp3) is 0.333. The number of halogens is 1. The molecule has 0 spiro atoms. The van der Waals surface area contributed by atoms with Gasteiger partial charge in [0.1, 0.15) is 17.2 Å². The molecule has 0 saturated carbocycles. The monoisotopic (exact) mass is 839 g/mol. The number of hydrogen-bond donors (Lipinski definition) is 5. The van der Waals surface area contributed by atoms with Crippen LogP contribution in [0.4, 0.5) is 5.69 Å². The molecule has 5 aromatic rings. The number of carbonyl (C=O) groups is 2. The minimum Gasteiger partial charge on any atom is -0.492 e. The van der Waals surface area contributed by atoms with Crippen molar-refractivity contribution in [1.29, 1.82) is 0 Å². The van der Waals surface area contributed by atoms with Gasteiger partial charge in [0, 0.05) is 66.7 Å². The lowest BCUT2D eigenvalue weighted by atomic mass is 9.72. The molecule has 2 amide bonds. The van der Waals surface area contributed by atoms with Crippen molar-refractivity contribution in [2.45, 2.75) is 50.8 Å². The average molecular weight is 840 g/mol. The largest absolute Gasteiger partial charge is 0.492 e. The van der Waals surface area contributed by atoms with Gasteiger partial charge in [0.25, 0.3) is 21.8 Å². The predicted octanol–water partition coefficient (Wildman–Crippen LogP) is 8.30. The van der Waals surface area contributed by atoms with Crippen LogP contribution in [0.5, 0.6) is 17.2 Å². The summed E-state index contributed by atoms with van der Waals surface area (Å²) in [6, 6.07) is 24.1. The fourth-order valence-electron chi connectivity index (χ4n) is 7.50. The van der Waals surface area contributed by atoms with Crippen LogP contribution in [0.2, 0.25) is 5.02 Å².